The highest BCUT2D eigenvalue weighted by molar-refractivity contribution is 7.95. The summed E-state index contributed by atoms with van der Waals surface area (Å²) >= 11 is 0. The summed E-state index contributed by atoms with van der Waals surface area (Å²) in [6.45, 7) is 10.0. The SMILES string of the molecule is CCC(C)N1C(C)=CC(=C(C#N)S(=O)(=O)c2ccc(C)cc2)C=C1C. The fraction of sp³-hybridized carbons (Fsp3) is 0.350. The van der Waals surface area contributed by atoms with Gasteiger partial charge in [-0.05, 0) is 58.4 Å². The molecule has 1 heterocycles. The average Bonchev–Trinajstić information content (AvgIpc) is 2.54. The lowest BCUT2D eigenvalue weighted by Gasteiger charge is -2.35. The van der Waals surface area contributed by atoms with Crippen LogP contribution >= 0.6 is 0 Å². The van der Waals surface area contributed by atoms with E-state index in [0.717, 1.165) is 23.4 Å². The van der Waals surface area contributed by atoms with E-state index in [4.69, 9.17) is 0 Å². The Kier molecular flexibility index (Phi) is 5.54. The van der Waals surface area contributed by atoms with Gasteiger partial charge in [0.15, 0.2) is 4.91 Å². The molecule has 0 spiro atoms. The Morgan fingerprint density at radius 3 is 2.08 bits per heavy atom. The molecule has 0 saturated carbocycles. The molecule has 0 fully saturated rings. The molecule has 0 saturated heterocycles. The van der Waals surface area contributed by atoms with Crippen molar-refractivity contribution in [1.82, 2.24) is 4.90 Å². The molecule has 1 aliphatic heterocycles. The standard InChI is InChI=1S/C20H24N2O2S/c1-6-15(3)22-16(4)11-18(12-17(22)5)20(13-21)25(23,24)19-9-7-14(2)8-10-19/h7-12,15H,6H2,1-5H3. The van der Waals surface area contributed by atoms with Gasteiger partial charge in [0, 0.05) is 23.0 Å². The van der Waals surface area contributed by atoms with Gasteiger partial charge in [-0.3, -0.25) is 0 Å². The molecule has 0 aliphatic carbocycles. The Hall–Kier alpha value is -2.32. The van der Waals surface area contributed by atoms with Crippen LogP contribution in [0.4, 0.5) is 0 Å². The summed E-state index contributed by atoms with van der Waals surface area (Å²) in [4.78, 5) is 2.10. The number of rotatable bonds is 4. The van der Waals surface area contributed by atoms with Gasteiger partial charge < -0.3 is 4.90 Å². The van der Waals surface area contributed by atoms with Gasteiger partial charge in [0.1, 0.15) is 6.07 Å². The van der Waals surface area contributed by atoms with E-state index in [1.165, 1.54) is 0 Å². The predicted octanol–water partition coefficient (Wildman–Crippen LogP) is 4.47. The molecule has 1 unspecified atom stereocenters. The van der Waals surface area contributed by atoms with Crippen molar-refractivity contribution < 1.29 is 8.42 Å². The second-order valence-electron chi connectivity index (χ2n) is 6.41. The van der Waals surface area contributed by atoms with Crippen molar-refractivity contribution in [3.05, 3.63) is 63.9 Å². The second-order valence-corrected chi connectivity index (χ2v) is 8.30. The predicted molar refractivity (Wildman–Crippen MR) is 100 cm³/mol. The molecule has 1 aliphatic rings. The topological polar surface area (TPSA) is 61.2 Å². The molecular formula is C20H24N2O2S. The first-order valence-electron chi connectivity index (χ1n) is 8.34. The average molecular weight is 356 g/mol. The Balaban J connectivity index is 2.59. The lowest BCUT2D eigenvalue weighted by molar-refractivity contribution is 0.322. The van der Waals surface area contributed by atoms with Crippen LogP contribution in [0.1, 0.15) is 39.7 Å². The van der Waals surface area contributed by atoms with Crippen LogP contribution in [0.2, 0.25) is 0 Å². The van der Waals surface area contributed by atoms with E-state index in [9.17, 15) is 13.7 Å². The first kappa shape index (κ1) is 19.0. The van der Waals surface area contributed by atoms with Crippen molar-refractivity contribution in [3.63, 3.8) is 0 Å². The lowest BCUT2D eigenvalue weighted by Crippen LogP contribution is -2.31. The van der Waals surface area contributed by atoms with Crippen molar-refractivity contribution in [2.45, 2.75) is 52.0 Å². The van der Waals surface area contributed by atoms with E-state index in [2.05, 4.69) is 18.7 Å². The molecule has 5 heteroatoms. The molecule has 4 nitrogen and oxygen atoms in total. The quantitative estimate of drug-likeness (QED) is 0.747. The smallest absolute Gasteiger partial charge is 0.217 e. The number of nitrogens with zero attached hydrogens (tertiary/aromatic N) is 2. The van der Waals surface area contributed by atoms with Crippen molar-refractivity contribution in [2.75, 3.05) is 0 Å². The number of hydrogen-bond acceptors (Lipinski definition) is 4. The van der Waals surface area contributed by atoms with Gasteiger partial charge in [0.25, 0.3) is 0 Å². The third kappa shape index (κ3) is 3.69. The van der Waals surface area contributed by atoms with E-state index in [-0.39, 0.29) is 9.80 Å². The Morgan fingerprint density at radius 2 is 1.64 bits per heavy atom. The molecule has 1 aromatic carbocycles. The van der Waals surface area contributed by atoms with Crippen LogP contribution in [0.5, 0.6) is 0 Å². The number of benzene rings is 1. The molecule has 2 rings (SSSR count). The number of nitriles is 1. The minimum Gasteiger partial charge on any atom is -0.346 e. The van der Waals surface area contributed by atoms with Crippen LogP contribution in [0.25, 0.3) is 0 Å². The maximum absolute atomic E-state index is 12.9. The third-order valence-electron chi connectivity index (χ3n) is 4.48. The minimum absolute atomic E-state index is 0.142. The molecule has 0 amide bonds. The van der Waals surface area contributed by atoms with E-state index in [0.29, 0.717) is 11.6 Å². The summed E-state index contributed by atoms with van der Waals surface area (Å²) in [6, 6.07) is 8.79. The molecule has 25 heavy (non-hydrogen) atoms. The first-order valence-corrected chi connectivity index (χ1v) is 9.82. The minimum atomic E-state index is -3.85. The Labute approximate surface area is 150 Å². The number of hydrogen-bond donors (Lipinski definition) is 0. The van der Waals surface area contributed by atoms with E-state index in [1.807, 2.05) is 26.8 Å². The van der Waals surface area contributed by atoms with E-state index < -0.39 is 9.84 Å². The van der Waals surface area contributed by atoms with E-state index in [1.54, 1.807) is 36.4 Å². The number of aryl methyl sites for hydroxylation is 1. The molecule has 1 aromatic rings. The summed E-state index contributed by atoms with van der Waals surface area (Å²) in [5.41, 5.74) is 3.29. The van der Waals surface area contributed by atoms with Crippen molar-refractivity contribution >= 4 is 9.84 Å². The van der Waals surface area contributed by atoms with Crippen LogP contribution in [0.3, 0.4) is 0 Å². The molecule has 0 aromatic heterocycles. The van der Waals surface area contributed by atoms with Crippen LogP contribution in [-0.2, 0) is 9.84 Å². The molecule has 0 N–H and O–H groups in total. The highest BCUT2D eigenvalue weighted by Crippen LogP contribution is 2.31. The molecular weight excluding hydrogens is 332 g/mol. The zero-order valence-electron chi connectivity index (χ0n) is 15.4. The Bertz CT molecular complexity index is 876. The van der Waals surface area contributed by atoms with Gasteiger partial charge >= 0.3 is 0 Å². The highest BCUT2D eigenvalue weighted by Gasteiger charge is 2.26. The monoisotopic (exact) mass is 356 g/mol. The normalized spacial score (nSPS) is 16.0. The largest absolute Gasteiger partial charge is 0.346 e. The van der Waals surface area contributed by atoms with Gasteiger partial charge in [0.05, 0.1) is 4.90 Å². The van der Waals surface area contributed by atoms with Crippen molar-refractivity contribution in [1.29, 1.82) is 5.26 Å². The van der Waals surface area contributed by atoms with Crippen molar-refractivity contribution in [3.8, 4) is 6.07 Å². The van der Waals surface area contributed by atoms with Crippen molar-refractivity contribution in [2.24, 2.45) is 0 Å². The van der Waals surface area contributed by atoms with Gasteiger partial charge in [-0.25, -0.2) is 8.42 Å². The van der Waals surface area contributed by atoms with Crippen LogP contribution < -0.4 is 0 Å². The van der Waals surface area contributed by atoms with Crippen LogP contribution in [-0.4, -0.2) is 19.4 Å². The molecule has 0 radical (unpaired) electrons. The van der Waals surface area contributed by atoms with Gasteiger partial charge in [-0.2, -0.15) is 5.26 Å². The second kappa shape index (κ2) is 7.28. The first-order chi connectivity index (χ1) is 11.7. The van der Waals surface area contributed by atoms with Crippen LogP contribution in [0.15, 0.2) is 63.2 Å². The lowest BCUT2D eigenvalue weighted by atomic mass is 10.0. The number of allylic oxidation sites excluding steroid dienone is 6. The fourth-order valence-electron chi connectivity index (χ4n) is 3.03. The summed E-state index contributed by atoms with van der Waals surface area (Å²) < 4.78 is 25.8. The Morgan fingerprint density at radius 1 is 1.12 bits per heavy atom. The molecule has 1 atom stereocenters. The third-order valence-corrected chi connectivity index (χ3v) is 6.24. The molecule has 0 bridgehead atoms. The fourth-order valence-corrected chi connectivity index (χ4v) is 4.31. The van der Waals surface area contributed by atoms with E-state index >= 15 is 0 Å². The van der Waals surface area contributed by atoms with Gasteiger partial charge in [-0.1, -0.05) is 24.6 Å². The summed E-state index contributed by atoms with van der Waals surface area (Å²) in [5, 5.41) is 9.56. The van der Waals surface area contributed by atoms with Gasteiger partial charge in [0.2, 0.25) is 9.84 Å². The highest BCUT2D eigenvalue weighted by atomic mass is 32.2. The summed E-state index contributed by atoms with van der Waals surface area (Å²) in [6.07, 6.45) is 4.54. The summed E-state index contributed by atoms with van der Waals surface area (Å²) in [5.74, 6) is 0. The number of sulfone groups is 1. The summed E-state index contributed by atoms with van der Waals surface area (Å²) in [7, 11) is -3.85. The van der Waals surface area contributed by atoms with Crippen LogP contribution in [0, 0.1) is 18.3 Å². The zero-order chi connectivity index (χ0) is 18.8. The molecule has 132 valence electrons. The maximum Gasteiger partial charge on any atom is 0.217 e. The maximum atomic E-state index is 12.9. The zero-order valence-corrected chi connectivity index (χ0v) is 16.2. The van der Waals surface area contributed by atoms with Gasteiger partial charge in [-0.15, -0.1) is 0 Å².